The Hall–Kier alpha value is -5.67. The molecule has 0 aliphatic heterocycles. The number of benzene rings is 6. The van der Waals surface area contributed by atoms with Gasteiger partial charge in [-0.15, -0.1) is 0 Å². The van der Waals surface area contributed by atoms with Crippen LogP contribution in [0.5, 0.6) is 0 Å². The van der Waals surface area contributed by atoms with Gasteiger partial charge in [0.1, 0.15) is 12.2 Å². The highest BCUT2D eigenvalue weighted by Gasteiger charge is 2.48. The SMILES string of the molecule is c1ccc(-c2ncnc(C3c4ccccc4-c4c3ccc3c4-c4ccccc4C3(c3ccccc3)c3ccccc3)n2)cc1. The van der Waals surface area contributed by atoms with Gasteiger partial charge in [0.2, 0.25) is 0 Å². The molecule has 1 aromatic heterocycles. The maximum absolute atomic E-state index is 5.06. The lowest BCUT2D eigenvalue weighted by atomic mass is 9.67. The van der Waals surface area contributed by atoms with Crippen LogP contribution < -0.4 is 0 Å². The Kier molecular flexibility index (Phi) is 5.48. The maximum atomic E-state index is 5.06. The highest BCUT2D eigenvalue weighted by atomic mass is 15.0. The van der Waals surface area contributed by atoms with Crippen molar-refractivity contribution in [2.75, 3.05) is 0 Å². The number of nitrogens with zero attached hydrogens (tertiary/aromatic N) is 3. The second-order valence-corrected chi connectivity index (χ2v) is 11.5. The van der Waals surface area contributed by atoms with Gasteiger partial charge in [-0.2, -0.15) is 0 Å². The van der Waals surface area contributed by atoms with Crippen LogP contribution >= 0.6 is 0 Å². The van der Waals surface area contributed by atoms with Gasteiger partial charge >= 0.3 is 0 Å². The van der Waals surface area contributed by atoms with Crippen molar-refractivity contribution in [1.82, 2.24) is 15.0 Å². The van der Waals surface area contributed by atoms with Crippen molar-refractivity contribution >= 4 is 0 Å². The Labute approximate surface area is 256 Å². The summed E-state index contributed by atoms with van der Waals surface area (Å²) in [7, 11) is 0. The lowest BCUT2D eigenvalue weighted by molar-refractivity contribution is 0.767. The molecule has 0 amide bonds. The predicted octanol–water partition coefficient (Wildman–Crippen LogP) is 9.06. The molecule has 0 saturated carbocycles. The molecule has 0 fully saturated rings. The van der Waals surface area contributed by atoms with Gasteiger partial charge in [-0.25, -0.2) is 15.0 Å². The first-order chi connectivity index (χ1) is 21.9. The molecular weight excluding hydrogens is 534 g/mol. The van der Waals surface area contributed by atoms with E-state index in [4.69, 9.17) is 9.97 Å². The minimum atomic E-state index is -0.440. The fraction of sp³-hybridized carbons (Fsp3) is 0.0488. The molecule has 9 rings (SSSR count). The fourth-order valence-electron chi connectivity index (χ4n) is 7.68. The van der Waals surface area contributed by atoms with Crippen LogP contribution in [0, 0.1) is 0 Å². The van der Waals surface area contributed by atoms with Gasteiger partial charge < -0.3 is 0 Å². The summed E-state index contributed by atoms with van der Waals surface area (Å²) in [5.74, 6) is 1.38. The predicted molar refractivity (Wildman–Crippen MR) is 175 cm³/mol. The van der Waals surface area contributed by atoms with Gasteiger partial charge in [-0.05, 0) is 55.6 Å². The van der Waals surface area contributed by atoms with Gasteiger partial charge in [-0.3, -0.25) is 0 Å². The zero-order valence-electron chi connectivity index (χ0n) is 23.9. The molecule has 0 bridgehead atoms. The second kappa shape index (κ2) is 9.68. The van der Waals surface area contributed by atoms with Crippen LogP contribution in [-0.4, -0.2) is 15.0 Å². The van der Waals surface area contributed by atoms with Crippen molar-refractivity contribution in [2.45, 2.75) is 11.3 Å². The molecule has 3 heteroatoms. The molecule has 1 atom stereocenters. The summed E-state index contributed by atoms with van der Waals surface area (Å²) < 4.78 is 0. The lowest BCUT2D eigenvalue weighted by Crippen LogP contribution is -2.28. The number of hydrogen-bond acceptors (Lipinski definition) is 3. The summed E-state index contributed by atoms with van der Waals surface area (Å²) in [5.41, 5.74) is 13.3. The minimum absolute atomic E-state index is 0.0902. The van der Waals surface area contributed by atoms with E-state index in [9.17, 15) is 0 Å². The van der Waals surface area contributed by atoms with E-state index in [0.29, 0.717) is 5.82 Å². The zero-order chi connectivity index (χ0) is 29.1. The molecule has 3 nitrogen and oxygen atoms in total. The van der Waals surface area contributed by atoms with Gasteiger partial charge in [0.25, 0.3) is 0 Å². The highest BCUT2D eigenvalue weighted by Crippen LogP contribution is 2.61. The van der Waals surface area contributed by atoms with E-state index in [0.717, 1.165) is 11.4 Å². The molecular formula is C41H27N3. The first kappa shape index (κ1) is 24.9. The topological polar surface area (TPSA) is 38.7 Å². The van der Waals surface area contributed by atoms with E-state index >= 15 is 0 Å². The van der Waals surface area contributed by atoms with E-state index < -0.39 is 5.41 Å². The number of hydrogen-bond donors (Lipinski definition) is 0. The Balaban J connectivity index is 1.35. The third-order valence-electron chi connectivity index (χ3n) is 9.39. The molecule has 2 aliphatic rings. The van der Waals surface area contributed by atoms with E-state index in [1.54, 1.807) is 6.33 Å². The van der Waals surface area contributed by atoms with Crippen molar-refractivity contribution in [3.8, 4) is 33.6 Å². The van der Waals surface area contributed by atoms with Crippen molar-refractivity contribution in [2.24, 2.45) is 0 Å². The Morgan fingerprint density at radius 1 is 0.455 bits per heavy atom. The highest BCUT2D eigenvalue weighted by molar-refractivity contribution is 6.00. The van der Waals surface area contributed by atoms with Gasteiger partial charge in [-0.1, -0.05) is 152 Å². The molecule has 0 spiro atoms. The summed E-state index contributed by atoms with van der Waals surface area (Å²) >= 11 is 0. The van der Waals surface area contributed by atoms with Crippen LogP contribution in [0.1, 0.15) is 45.1 Å². The second-order valence-electron chi connectivity index (χ2n) is 11.5. The van der Waals surface area contributed by atoms with Crippen molar-refractivity contribution in [3.63, 3.8) is 0 Å². The molecule has 0 saturated heterocycles. The number of rotatable bonds is 4. The van der Waals surface area contributed by atoms with Crippen LogP contribution in [-0.2, 0) is 5.41 Å². The smallest absolute Gasteiger partial charge is 0.163 e. The third kappa shape index (κ3) is 3.41. The van der Waals surface area contributed by atoms with Gasteiger partial charge in [0, 0.05) is 5.56 Å². The van der Waals surface area contributed by atoms with E-state index in [-0.39, 0.29) is 5.92 Å². The molecule has 1 heterocycles. The summed E-state index contributed by atoms with van der Waals surface area (Å²) in [4.78, 5) is 14.4. The Morgan fingerprint density at radius 3 is 1.80 bits per heavy atom. The average Bonchev–Trinajstić information content (AvgIpc) is 3.60. The van der Waals surface area contributed by atoms with Crippen LogP contribution in [0.2, 0.25) is 0 Å². The largest absolute Gasteiger partial charge is 0.220 e. The maximum Gasteiger partial charge on any atom is 0.163 e. The van der Waals surface area contributed by atoms with Crippen LogP contribution in [0.4, 0.5) is 0 Å². The molecule has 1 unspecified atom stereocenters. The summed E-state index contributed by atoms with van der Waals surface area (Å²) in [6, 6.07) is 54.5. The van der Waals surface area contributed by atoms with Gasteiger partial charge in [0.05, 0.1) is 11.3 Å². The van der Waals surface area contributed by atoms with E-state index in [1.165, 1.54) is 55.6 Å². The lowest BCUT2D eigenvalue weighted by Gasteiger charge is -2.34. The molecule has 7 aromatic rings. The minimum Gasteiger partial charge on any atom is -0.220 e. The van der Waals surface area contributed by atoms with Crippen molar-refractivity contribution in [1.29, 1.82) is 0 Å². The summed E-state index contributed by atoms with van der Waals surface area (Å²) in [6.07, 6.45) is 1.66. The average molecular weight is 562 g/mol. The number of aromatic nitrogens is 3. The first-order valence-electron chi connectivity index (χ1n) is 15.1. The molecule has 2 aliphatic carbocycles. The molecule has 6 aromatic carbocycles. The van der Waals surface area contributed by atoms with Crippen LogP contribution in [0.25, 0.3) is 33.6 Å². The standard InChI is InChI=1S/C41H27N3/c1-4-14-27(15-5-1)39-42-26-43-40(44-39)37-31-21-11-10-20-30(31)36-33(37)24-25-35-38(36)32-22-12-13-23-34(32)41(35,28-16-6-2-7-17-28)29-18-8-3-9-19-29/h1-26,37H. The molecule has 0 radical (unpaired) electrons. The number of fused-ring (bicyclic) bond motifs is 7. The fourth-order valence-corrected chi connectivity index (χ4v) is 7.68. The normalized spacial score (nSPS) is 15.2. The Morgan fingerprint density at radius 2 is 1.07 bits per heavy atom. The summed E-state index contributed by atoms with van der Waals surface area (Å²) in [6.45, 7) is 0. The van der Waals surface area contributed by atoms with E-state index in [1.807, 2.05) is 30.3 Å². The zero-order valence-corrected chi connectivity index (χ0v) is 23.9. The van der Waals surface area contributed by atoms with E-state index in [2.05, 4.69) is 126 Å². The Bertz CT molecular complexity index is 2130. The van der Waals surface area contributed by atoms with Crippen molar-refractivity contribution in [3.05, 3.63) is 197 Å². The van der Waals surface area contributed by atoms with Crippen LogP contribution in [0.3, 0.4) is 0 Å². The van der Waals surface area contributed by atoms with Crippen LogP contribution in [0.15, 0.2) is 158 Å². The molecule has 0 N–H and O–H groups in total. The molecule has 44 heavy (non-hydrogen) atoms. The molecule has 206 valence electrons. The third-order valence-corrected chi connectivity index (χ3v) is 9.39. The van der Waals surface area contributed by atoms with Gasteiger partial charge in [0.15, 0.2) is 5.82 Å². The monoisotopic (exact) mass is 561 g/mol. The summed E-state index contributed by atoms with van der Waals surface area (Å²) in [5, 5.41) is 0. The first-order valence-corrected chi connectivity index (χ1v) is 15.1. The van der Waals surface area contributed by atoms with Crippen molar-refractivity contribution < 1.29 is 0 Å². The quantitative estimate of drug-likeness (QED) is 0.215.